The lowest BCUT2D eigenvalue weighted by atomic mass is 10.2. The van der Waals surface area contributed by atoms with Crippen molar-refractivity contribution in [3.63, 3.8) is 0 Å². The van der Waals surface area contributed by atoms with E-state index in [0.29, 0.717) is 5.04 Å². The Kier molecular flexibility index (Phi) is 5.35. The van der Waals surface area contributed by atoms with E-state index >= 15 is 0 Å². The zero-order valence-corrected chi connectivity index (χ0v) is 7.23. The van der Waals surface area contributed by atoms with Gasteiger partial charge in [-0.25, -0.2) is 0 Å². The van der Waals surface area contributed by atoms with Gasteiger partial charge >= 0.3 is 0 Å². The van der Waals surface area contributed by atoms with Gasteiger partial charge in [0.2, 0.25) is 0 Å². The van der Waals surface area contributed by atoms with Crippen molar-refractivity contribution in [3.05, 3.63) is 0 Å². The smallest absolute Gasteiger partial charge is 0.0718 e. The summed E-state index contributed by atoms with van der Waals surface area (Å²) in [7, 11) is -0.359. The summed E-state index contributed by atoms with van der Waals surface area (Å²) < 4.78 is 0. The quantitative estimate of drug-likeness (QED) is 0.449. The van der Waals surface area contributed by atoms with E-state index in [4.69, 9.17) is 0 Å². The SMILES string of the molecule is C[SiH](C)C(C)(C)C.[AlH3]. The summed E-state index contributed by atoms with van der Waals surface area (Å²) in [6, 6.07) is 0. The van der Waals surface area contributed by atoms with E-state index in [1.807, 2.05) is 0 Å². The number of rotatable bonds is 0. The summed E-state index contributed by atoms with van der Waals surface area (Å²) in [5, 5.41) is 0.639. The fourth-order valence-corrected chi connectivity index (χ4v) is 0. The molecule has 50 valence electrons. The molecule has 0 saturated heterocycles. The van der Waals surface area contributed by atoms with Crippen LogP contribution in [-0.4, -0.2) is 26.2 Å². The first kappa shape index (κ1) is 11.5. The lowest BCUT2D eigenvalue weighted by Crippen LogP contribution is -2.16. The van der Waals surface area contributed by atoms with Gasteiger partial charge in [-0.15, -0.1) is 0 Å². The summed E-state index contributed by atoms with van der Waals surface area (Å²) in [4.78, 5) is 0. The van der Waals surface area contributed by atoms with Crippen LogP contribution < -0.4 is 0 Å². The molecule has 0 aromatic heterocycles. The van der Waals surface area contributed by atoms with Crippen molar-refractivity contribution in [3.8, 4) is 0 Å². The van der Waals surface area contributed by atoms with Crippen LogP contribution in [0.15, 0.2) is 0 Å². The van der Waals surface area contributed by atoms with Crippen molar-refractivity contribution in [1.82, 2.24) is 0 Å². The van der Waals surface area contributed by atoms with Crippen molar-refractivity contribution in [2.24, 2.45) is 0 Å². The Morgan fingerprint density at radius 2 is 1.12 bits per heavy atom. The van der Waals surface area contributed by atoms with E-state index in [-0.39, 0.29) is 26.2 Å². The molecule has 0 aliphatic heterocycles. The normalized spacial score (nSPS) is 11.2. The van der Waals surface area contributed by atoms with E-state index in [0.717, 1.165) is 0 Å². The maximum atomic E-state index is 2.39. The fourth-order valence-electron chi connectivity index (χ4n) is 0. The monoisotopic (exact) mass is 146 g/mol. The molecule has 2 heteroatoms. The molecule has 8 heavy (non-hydrogen) atoms. The molecular weight excluding hydrogens is 127 g/mol. The van der Waals surface area contributed by atoms with Gasteiger partial charge in [-0.3, -0.25) is 0 Å². The lowest BCUT2D eigenvalue weighted by Gasteiger charge is -2.21. The van der Waals surface area contributed by atoms with E-state index in [1.54, 1.807) is 0 Å². The molecule has 0 atom stereocenters. The number of hydrogen-bond acceptors (Lipinski definition) is 0. The van der Waals surface area contributed by atoms with Gasteiger partial charge in [0.1, 0.15) is 0 Å². The lowest BCUT2D eigenvalue weighted by molar-refractivity contribution is 0.742. The van der Waals surface area contributed by atoms with Gasteiger partial charge in [0.25, 0.3) is 0 Å². The van der Waals surface area contributed by atoms with Crippen molar-refractivity contribution < 1.29 is 0 Å². The third-order valence-electron chi connectivity index (χ3n) is 1.73. The van der Waals surface area contributed by atoms with E-state index in [1.165, 1.54) is 0 Å². The van der Waals surface area contributed by atoms with Gasteiger partial charge in [0.05, 0.1) is 0 Å². The van der Waals surface area contributed by atoms with Crippen LogP contribution in [0.5, 0.6) is 0 Å². The molecule has 0 heterocycles. The van der Waals surface area contributed by atoms with Crippen molar-refractivity contribution in [2.45, 2.75) is 38.9 Å². The predicted octanol–water partition coefficient (Wildman–Crippen LogP) is 1.09. The molecule has 0 aliphatic carbocycles. The molecule has 0 N–H and O–H groups in total. The van der Waals surface area contributed by atoms with Gasteiger partial charge in [-0.2, -0.15) is 0 Å². The van der Waals surface area contributed by atoms with Crippen LogP contribution in [0.2, 0.25) is 18.1 Å². The Balaban J connectivity index is 0. The predicted molar refractivity (Wildman–Crippen MR) is 48.5 cm³/mol. The molecule has 0 saturated carbocycles. The first-order chi connectivity index (χ1) is 2.94. The molecule has 0 fully saturated rings. The largest absolute Gasteiger partial charge is 0.187 e. The summed E-state index contributed by atoms with van der Waals surface area (Å²) in [6.45, 7) is 11.7. The Morgan fingerprint density at radius 1 is 1.00 bits per heavy atom. The first-order valence-corrected chi connectivity index (χ1v) is 5.83. The highest BCUT2D eigenvalue weighted by atomic mass is 28.3. The van der Waals surface area contributed by atoms with Crippen LogP contribution in [0.1, 0.15) is 20.8 Å². The molecule has 0 bridgehead atoms. The molecule has 0 unspecified atom stereocenters. The second kappa shape index (κ2) is 3.71. The van der Waals surface area contributed by atoms with Crippen molar-refractivity contribution in [1.29, 1.82) is 0 Å². The van der Waals surface area contributed by atoms with E-state index in [2.05, 4.69) is 33.9 Å². The van der Waals surface area contributed by atoms with Crippen LogP contribution >= 0.6 is 0 Å². The molecule has 0 aromatic rings. The fraction of sp³-hybridized carbons (Fsp3) is 1.00. The second-order valence-corrected chi connectivity index (χ2v) is 7.56. The Morgan fingerprint density at radius 3 is 1.12 bits per heavy atom. The van der Waals surface area contributed by atoms with Crippen LogP contribution in [-0.2, 0) is 0 Å². The van der Waals surface area contributed by atoms with E-state index < -0.39 is 0 Å². The van der Waals surface area contributed by atoms with Crippen LogP contribution in [0.3, 0.4) is 0 Å². The Bertz CT molecular complexity index is 54.0. The highest BCUT2D eigenvalue weighted by molar-refractivity contribution is 6.59. The minimum Gasteiger partial charge on any atom is -0.0718 e. The van der Waals surface area contributed by atoms with Crippen molar-refractivity contribution >= 4 is 26.2 Å². The van der Waals surface area contributed by atoms with Crippen LogP contribution in [0, 0.1) is 0 Å². The first-order valence-electron chi connectivity index (χ1n) is 2.94. The Labute approximate surface area is 65.4 Å². The molecule has 0 nitrogen and oxygen atoms in total. The van der Waals surface area contributed by atoms with Gasteiger partial charge < -0.3 is 0 Å². The average molecular weight is 146 g/mol. The molecule has 0 aromatic carbocycles. The summed E-state index contributed by atoms with van der Waals surface area (Å²) in [5.74, 6) is 0. The van der Waals surface area contributed by atoms with Gasteiger partial charge in [-0.1, -0.05) is 33.9 Å². The number of hydrogen-bond donors (Lipinski definition) is 0. The van der Waals surface area contributed by atoms with Gasteiger partial charge in [0.15, 0.2) is 17.4 Å². The van der Waals surface area contributed by atoms with Crippen LogP contribution in [0.25, 0.3) is 0 Å². The molecule has 0 amide bonds. The molecular formula is C6H19AlSi. The average Bonchev–Trinajstić information content (AvgIpc) is 1.31. The highest BCUT2D eigenvalue weighted by Crippen LogP contribution is 2.25. The maximum Gasteiger partial charge on any atom is 0.187 e. The minimum atomic E-state index is -0.359. The standard InChI is InChI=1S/C6H16Si.Al.3H/c1-6(2,3)7(4)5;;;;/h7H,1-5H3;;;;. The van der Waals surface area contributed by atoms with Crippen molar-refractivity contribution in [2.75, 3.05) is 0 Å². The molecule has 0 aliphatic rings. The minimum absolute atomic E-state index is 0. The van der Waals surface area contributed by atoms with Gasteiger partial charge in [0, 0.05) is 8.80 Å². The Hall–Kier alpha value is 0.749. The topological polar surface area (TPSA) is 0 Å². The third kappa shape index (κ3) is 4.90. The molecule has 0 spiro atoms. The van der Waals surface area contributed by atoms with Gasteiger partial charge in [-0.05, 0) is 5.04 Å². The second-order valence-electron chi connectivity index (χ2n) is 3.52. The highest BCUT2D eigenvalue weighted by Gasteiger charge is 2.15. The zero-order chi connectivity index (χ0) is 6.08. The van der Waals surface area contributed by atoms with Crippen LogP contribution in [0.4, 0.5) is 0 Å². The molecule has 0 rings (SSSR count). The summed E-state index contributed by atoms with van der Waals surface area (Å²) in [5.41, 5.74) is 0. The molecule has 0 radical (unpaired) electrons. The maximum absolute atomic E-state index is 2.39. The zero-order valence-electron chi connectivity index (χ0n) is 6.08. The third-order valence-corrected chi connectivity index (χ3v) is 5.20. The van der Waals surface area contributed by atoms with E-state index in [9.17, 15) is 0 Å². The summed E-state index contributed by atoms with van der Waals surface area (Å²) >= 11 is 0. The summed E-state index contributed by atoms with van der Waals surface area (Å²) in [6.07, 6.45) is 0.